The molecule has 5 rings (SSSR count). The average Bonchev–Trinajstić information content (AvgIpc) is 3.15. The normalized spacial score (nSPS) is 14.4. The third kappa shape index (κ3) is 3.61. The molecule has 1 aliphatic rings. The number of hydrogen-bond acceptors (Lipinski definition) is 6. The molecule has 4 aromatic rings. The van der Waals surface area contributed by atoms with Gasteiger partial charge in [-0.3, -0.25) is 9.97 Å². The minimum atomic E-state index is -0.0714. The number of ether oxygens (including phenoxy) is 2. The largest absolute Gasteiger partial charge is 0.493 e. The van der Waals surface area contributed by atoms with Gasteiger partial charge >= 0.3 is 0 Å². The molecular weight excluding hydrogens is 436 g/mol. The molecule has 0 aliphatic carbocycles. The van der Waals surface area contributed by atoms with Crippen LogP contribution in [0.15, 0.2) is 60.9 Å². The lowest BCUT2D eigenvalue weighted by molar-refractivity contribution is 0.301. The molecule has 1 aliphatic heterocycles. The Kier molecular flexibility index (Phi) is 5.49. The smallest absolute Gasteiger partial charge is 0.138 e. The SMILES string of the molecule is CCOc1ccc2ncc(C#N)c3c2c1C(C)N3c1ccc(OCc2ccccn2)c(Cl)c1. The van der Waals surface area contributed by atoms with Gasteiger partial charge in [0.15, 0.2) is 0 Å². The number of nitriles is 1. The highest BCUT2D eigenvalue weighted by Crippen LogP contribution is 2.52. The first-order valence-electron chi connectivity index (χ1n) is 10.7. The van der Waals surface area contributed by atoms with E-state index in [4.69, 9.17) is 21.1 Å². The fraction of sp³-hybridized carbons (Fsp3) is 0.192. The number of hydrogen-bond donors (Lipinski definition) is 0. The van der Waals surface area contributed by atoms with Crippen LogP contribution in [0.4, 0.5) is 11.4 Å². The summed E-state index contributed by atoms with van der Waals surface area (Å²) in [4.78, 5) is 10.9. The third-order valence-electron chi connectivity index (χ3n) is 5.77. The second kappa shape index (κ2) is 8.61. The van der Waals surface area contributed by atoms with Gasteiger partial charge in [0.1, 0.15) is 24.2 Å². The fourth-order valence-electron chi connectivity index (χ4n) is 4.37. The zero-order valence-corrected chi connectivity index (χ0v) is 19.0. The molecule has 164 valence electrons. The zero-order chi connectivity index (χ0) is 22.9. The Balaban J connectivity index is 1.55. The lowest BCUT2D eigenvalue weighted by atomic mass is 10.0. The Morgan fingerprint density at radius 2 is 1.94 bits per heavy atom. The highest BCUT2D eigenvalue weighted by atomic mass is 35.5. The van der Waals surface area contributed by atoms with Crippen LogP contribution in [-0.4, -0.2) is 16.6 Å². The summed E-state index contributed by atoms with van der Waals surface area (Å²) in [5.41, 5.74) is 4.87. The van der Waals surface area contributed by atoms with Gasteiger partial charge in [0.05, 0.1) is 40.1 Å². The van der Waals surface area contributed by atoms with E-state index in [1.807, 2.05) is 55.5 Å². The van der Waals surface area contributed by atoms with Crippen LogP contribution in [0, 0.1) is 11.3 Å². The molecule has 0 saturated heterocycles. The summed E-state index contributed by atoms with van der Waals surface area (Å²) in [5, 5.41) is 11.3. The van der Waals surface area contributed by atoms with Crippen molar-refractivity contribution in [3.8, 4) is 17.6 Å². The van der Waals surface area contributed by atoms with Crippen LogP contribution >= 0.6 is 11.6 Å². The van der Waals surface area contributed by atoms with E-state index in [-0.39, 0.29) is 6.04 Å². The van der Waals surface area contributed by atoms with Gasteiger partial charge in [-0.2, -0.15) is 5.26 Å². The molecule has 3 heterocycles. The van der Waals surface area contributed by atoms with Gasteiger partial charge in [-0.1, -0.05) is 17.7 Å². The van der Waals surface area contributed by atoms with Gasteiger partial charge in [0.2, 0.25) is 0 Å². The number of nitrogens with zero attached hydrogens (tertiary/aromatic N) is 4. The molecule has 33 heavy (non-hydrogen) atoms. The van der Waals surface area contributed by atoms with E-state index in [0.29, 0.717) is 29.5 Å². The van der Waals surface area contributed by atoms with Crippen LogP contribution in [0.2, 0.25) is 5.02 Å². The van der Waals surface area contributed by atoms with Crippen LogP contribution in [0.5, 0.6) is 11.5 Å². The summed E-state index contributed by atoms with van der Waals surface area (Å²) >= 11 is 6.62. The summed E-state index contributed by atoms with van der Waals surface area (Å²) in [6.45, 7) is 4.94. The minimum Gasteiger partial charge on any atom is -0.493 e. The first-order chi connectivity index (χ1) is 16.1. The van der Waals surface area contributed by atoms with E-state index < -0.39 is 0 Å². The van der Waals surface area contributed by atoms with Gasteiger partial charge in [0, 0.05) is 29.0 Å². The van der Waals surface area contributed by atoms with Crippen molar-refractivity contribution in [1.82, 2.24) is 9.97 Å². The average molecular weight is 457 g/mol. The Morgan fingerprint density at radius 1 is 1.09 bits per heavy atom. The van der Waals surface area contributed by atoms with Gasteiger partial charge in [0.25, 0.3) is 0 Å². The van der Waals surface area contributed by atoms with Gasteiger partial charge in [-0.05, 0) is 56.3 Å². The molecule has 6 nitrogen and oxygen atoms in total. The van der Waals surface area contributed by atoms with Crippen LogP contribution in [-0.2, 0) is 6.61 Å². The van der Waals surface area contributed by atoms with Crippen molar-refractivity contribution in [3.63, 3.8) is 0 Å². The van der Waals surface area contributed by atoms with E-state index in [0.717, 1.165) is 39.3 Å². The number of aromatic nitrogens is 2. The Morgan fingerprint density at radius 3 is 2.67 bits per heavy atom. The topological polar surface area (TPSA) is 71.3 Å². The predicted octanol–water partition coefficient (Wildman–Crippen LogP) is 6.35. The second-order valence-electron chi connectivity index (χ2n) is 7.71. The summed E-state index contributed by atoms with van der Waals surface area (Å²) in [7, 11) is 0. The van der Waals surface area contributed by atoms with Gasteiger partial charge < -0.3 is 14.4 Å². The van der Waals surface area contributed by atoms with E-state index in [1.54, 1.807) is 12.4 Å². The number of halogens is 1. The lowest BCUT2D eigenvalue weighted by Crippen LogP contribution is -2.18. The number of anilines is 2. The van der Waals surface area contributed by atoms with Crippen molar-refractivity contribution in [2.24, 2.45) is 0 Å². The van der Waals surface area contributed by atoms with Crippen molar-refractivity contribution in [2.75, 3.05) is 11.5 Å². The molecule has 7 heteroatoms. The van der Waals surface area contributed by atoms with Crippen molar-refractivity contribution < 1.29 is 9.47 Å². The molecule has 1 atom stereocenters. The van der Waals surface area contributed by atoms with Crippen LogP contribution in [0.1, 0.15) is 36.7 Å². The number of benzene rings is 2. The van der Waals surface area contributed by atoms with Crippen molar-refractivity contribution in [3.05, 3.63) is 82.8 Å². The summed E-state index contributed by atoms with van der Waals surface area (Å²) in [6.07, 6.45) is 3.35. The molecule has 0 amide bonds. The van der Waals surface area contributed by atoms with E-state index in [9.17, 15) is 5.26 Å². The summed E-state index contributed by atoms with van der Waals surface area (Å²) in [6, 6.07) is 17.5. The van der Waals surface area contributed by atoms with E-state index in [1.165, 1.54) is 0 Å². The molecule has 2 aromatic heterocycles. The minimum absolute atomic E-state index is 0.0714. The summed E-state index contributed by atoms with van der Waals surface area (Å²) < 4.78 is 11.8. The number of rotatable bonds is 6. The Hall–Kier alpha value is -3.82. The van der Waals surface area contributed by atoms with Crippen LogP contribution in [0.3, 0.4) is 0 Å². The predicted molar refractivity (Wildman–Crippen MR) is 128 cm³/mol. The fourth-order valence-corrected chi connectivity index (χ4v) is 4.60. The van der Waals surface area contributed by atoms with Crippen molar-refractivity contribution in [2.45, 2.75) is 26.5 Å². The molecule has 0 radical (unpaired) electrons. The molecule has 1 unspecified atom stereocenters. The lowest BCUT2D eigenvalue weighted by Gasteiger charge is -2.27. The maximum Gasteiger partial charge on any atom is 0.138 e. The standard InChI is InChI=1S/C26H21ClN4O2/c1-3-32-23-10-8-21-25-24(23)16(2)31(26(25)17(13-28)14-30-21)19-7-9-22(20(27)12-19)33-15-18-6-4-5-11-29-18/h4-12,14,16H,3,15H2,1-2H3. The highest BCUT2D eigenvalue weighted by Gasteiger charge is 2.35. The first-order valence-corrected chi connectivity index (χ1v) is 11.1. The Bertz CT molecular complexity index is 1380. The summed E-state index contributed by atoms with van der Waals surface area (Å²) in [5.74, 6) is 1.38. The van der Waals surface area contributed by atoms with Crippen molar-refractivity contribution >= 4 is 33.9 Å². The highest BCUT2D eigenvalue weighted by molar-refractivity contribution is 6.32. The second-order valence-corrected chi connectivity index (χ2v) is 8.11. The van der Waals surface area contributed by atoms with Gasteiger partial charge in [-0.15, -0.1) is 0 Å². The molecular formula is C26H21ClN4O2. The van der Waals surface area contributed by atoms with Crippen molar-refractivity contribution in [1.29, 1.82) is 5.26 Å². The maximum atomic E-state index is 9.83. The molecule has 0 saturated carbocycles. The van der Waals surface area contributed by atoms with Crippen LogP contribution in [0.25, 0.3) is 10.9 Å². The first kappa shape index (κ1) is 21.0. The van der Waals surface area contributed by atoms with E-state index in [2.05, 4.69) is 27.9 Å². The molecule has 0 N–H and O–H groups in total. The maximum absolute atomic E-state index is 9.83. The molecule has 2 aromatic carbocycles. The van der Waals surface area contributed by atoms with Gasteiger partial charge in [-0.25, -0.2) is 0 Å². The molecule has 0 spiro atoms. The zero-order valence-electron chi connectivity index (χ0n) is 18.2. The number of pyridine rings is 2. The molecule has 0 bridgehead atoms. The quantitative estimate of drug-likeness (QED) is 0.337. The van der Waals surface area contributed by atoms with E-state index >= 15 is 0 Å². The Labute approximate surface area is 197 Å². The van der Waals surface area contributed by atoms with Crippen LogP contribution < -0.4 is 14.4 Å². The third-order valence-corrected chi connectivity index (χ3v) is 6.07. The monoisotopic (exact) mass is 456 g/mol. The molecule has 0 fully saturated rings.